The summed E-state index contributed by atoms with van der Waals surface area (Å²) in [6.45, 7) is 2.44. The first-order chi connectivity index (χ1) is 14.0. The van der Waals surface area contributed by atoms with Crippen molar-refractivity contribution in [2.45, 2.75) is 51.6 Å². The number of hydrogen-bond acceptors (Lipinski definition) is 2. The predicted molar refractivity (Wildman–Crippen MR) is 111 cm³/mol. The summed E-state index contributed by atoms with van der Waals surface area (Å²) in [4.78, 5) is 27.7. The zero-order valence-corrected chi connectivity index (χ0v) is 16.6. The minimum atomic E-state index is -0.286. The second kappa shape index (κ2) is 8.19. The summed E-state index contributed by atoms with van der Waals surface area (Å²) in [6, 6.07) is 13.9. The fourth-order valence-electron chi connectivity index (χ4n) is 4.30. The summed E-state index contributed by atoms with van der Waals surface area (Å²) < 4.78 is 13.2. The van der Waals surface area contributed by atoms with Crippen LogP contribution in [0.1, 0.15) is 43.2 Å². The molecule has 1 fully saturated rings. The van der Waals surface area contributed by atoms with Crippen LogP contribution in [0.4, 0.5) is 10.1 Å². The van der Waals surface area contributed by atoms with Gasteiger partial charge in [0.05, 0.1) is 12.5 Å². The molecule has 1 aliphatic carbocycles. The number of nitrogens with one attached hydrogen (secondary N) is 1. The van der Waals surface area contributed by atoms with E-state index >= 15 is 0 Å². The van der Waals surface area contributed by atoms with E-state index in [2.05, 4.69) is 5.32 Å². The molecule has 150 valence electrons. The first-order valence-corrected chi connectivity index (χ1v) is 10.1. The van der Waals surface area contributed by atoms with Crippen LogP contribution in [0.15, 0.2) is 59.7 Å². The van der Waals surface area contributed by atoms with Gasteiger partial charge in [0.1, 0.15) is 5.82 Å². The Morgan fingerprint density at radius 3 is 2.55 bits per heavy atom. The van der Waals surface area contributed by atoms with Crippen molar-refractivity contribution >= 4 is 17.5 Å². The van der Waals surface area contributed by atoms with Gasteiger partial charge in [-0.25, -0.2) is 4.39 Å². The number of hydrogen-bond donors (Lipinski definition) is 1. The van der Waals surface area contributed by atoms with E-state index in [0.29, 0.717) is 12.1 Å². The number of nitrogens with zero attached hydrogens (tertiary/aromatic N) is 1. The second-order valence-electron chi connectivity index (χ2n) is 7.92. The van der Waals surface area contributed by atoms with E-state index in [1.165, 1.54) is 12.1 Å². The number of amides is 2. The Kier molecular flexibility index (Phi) is 5.47. The second-order valence-corrected chi connectivity index (χ2v) is 7.92. The molecule has 1 aliphatic heterocycles. The van der Waals surface area contributed by atoms with E-state index in [1.807, 2.05) is 36.1 Å². The maximum atomic E-state index is 13.2. The Balaban J connectivity index is 1.50. The Morgan fingerprint density at radius 2 is 1.83 bits per heavy atom. The molecule has 1 unspecified atom stereocenters. The molecule has 2 aromatic rings. The number of benzene rings is 2. The lowest BCUT2D eigenvalue weighted by molar-refractivity contribution is -0.129. The van der Waals surface area contributed by atoms with E-state index in [0.717, 1.165) is 48.1 Å². The first-order valence-electron chi connectivity index (χ1n) is 10.1. The largest absolute Gasteiger partial charge is 0.328 e. The minimum Gasteiger partial charge on any atom is -0.328 e. The predicted octanol–water partition coefficient (Wildman–Crippen LogP) is 4.74. The van der Waals surface area contributed by atoms with Crippen molar-refractivity contribution in [1.82, 2.24) is 4.90 Å². The zero-order chi connectivity index (χ0) is 20.4. The van der Waals surface area contributed by atoms with Gasteiger partial charge in [-0.3, -0.25) is 9.59 Å². The lowest BCUT2D eigenvalue weighted by Crippen LogP contribution is -2.36. The van der Waals surface area contributed by atoms with Crippen LogP contribution >= 0.6 is 0 Å². The lowest BCUT2D eigenvalue weighted by atomic mass is 9.88. The van der Waals surface area contributed by atoms with Crippen LogP contribution in [0.3, 0.4) is 0 Å². The monoisotopic (exact) mass is 392 g/mol. The molecular formula is C24H25FN2O2. The Labute approximate surface area is 170 Å². The quantitative estimate of drug-likeness (QED) is 0.799. The van der Waals surface area contributed by atoms with Crippen LogP contribution in [0, 0.1) is 12.7 Å². The Hall–Kier alpha value is -2.95. The molecule has 29 heavy (non-hydrogen) atoms. The summed E-state index contributed by atoms with van der Waals surface area (Å²) in [5.74, 6) is -0.514. The summed E-state index contributed by atoms with van der Waals surface area (Å²) in [5.41, 5.74) is 4.51. The highest BCUT2D eigenvalue weighted by Crippen LogP contribution is 2.38. The van der Waals surface area contributed by atoms with Crippen molar-refractivity contribution in [3.63, 3.8) is 0 Å². The van der Waals surface area contributed by atoms with Gasteiger partial charge >= 0.3 is 0 Å². The molecule has 1 saturated carbocycles. The number of carbonyl (C=O) groups excluding carboxylic acids is 2. The average molecular weight is 392 g/mol. The third-order valence-electron chi connectivity index (χ3n) is 5.80. The molecule has 2 aliphatic rings. The number of rotatable bonds is 5. The average Bonchev–Trinajstić information content (AvgIpc) is 2.97. The highest BCUT2D eigenvalue weighted by Gasteiger charge is 2.40. The number of fused-ring (bicyclic) bond motifs is 1. The molecule has 0 aromatic heterocycles. The topological polar surface area (TPSA) is 49.4 Å². The molecule has 2 aromatic carbocycles. The standard InChI is InChI=1S/C24H25FN2O2/c1-16-6-12-19(13-7-16)26-23(28)14-21-20-4-2-3-5-22(20)27(24(21)29)15-17-8-10-18(25)11-9-17/h6-13,22H,2-5,14-15H2,1H3,(H,26,28). The maximum Gasteiger partial charge on any atom is 0.251 e. The van der Waals surface area contributed by atoms with Gasteiger partial charge in [0.25, 0.3) is 5.91 Å². The van der Waals surface area contributed by atoms with E-state index in [-0.39, 0.29) is 30.1 Å². The van der Waals surface area contributed by atoms with Gasteiger partial charge in [-0.05, 0) is 61.6 Å². The molecular weight excluding hydrogens is 367 g/mol. The van der Waals surface area contributed by atoms with Gasteiger partial charge in [0.2, 0.25) is 5.91 Å². The van der Waals surface area contributed by atoms with Gasteiger partial charge < -0.3 is 10.2 Å². The molecule has 1 heterocycles. The van der Waals surface area contributed by atoms with Gasteiger partial charge in [-0.1, -0.05) is 36.2 Å². The summed E-state index contributed by atoms with van der Waals surface area (Å²) in [7, 11) is 0. The van der Waals surface area contributed by atoms with Gasteiger partial charge in [0, 0.05) is 17.8 Å². The third-order valence-corrected chi connectivity index (χ3v) is 5.80. The smallest absolute Gasteiger partial charge is 0.251 e. The van der Waals surface area contributed by atoms with E-state index in [4.69, 9.17) is 0 Å². The maximum absolute atomic E-state index is 13.2. The Bertz CT molecular complexity index is 948. The molecule has 5 heteroatoms. The van der Waals surface area contributed by atoms with Gasteiger partial charge in [-0.2, -0.15) is 0 Å². The summed E-state index contributed by atoms with van der Waals surface area (Å²) in [5, 5.41) is 2.90. The molecule has 0 bridgehead atoms. The fourth-order valence-corrected chi connectivity index (χ4v) is 4.30. The van der Waals surface area contributed by atoms with E-state index in [1.54, 1.807) is 12.1 Å². The highest BCUT2D eigenvalue weighted by atomic mass is 19.1. The van der Waals surface area contributed by atoms with Crippen molar-refractivity contribution < 1.29 is 14.0 Å². The SMILES string of the molecule is Cc1ccc(NC(=O)CC2=C3CCCCC3N(Cc3ccc(F)cc3)C2=O)cc1. The van der Waals surface area contributed by atoms with Crippen LogP contribution < -0.4 is 5.32 Å². The van der Waals surface area contributed by atoms with Crippen molar-refractivity contribution in [2.24, 2.45) is 0 Å². The van der Waals surface area contributed by atoms with Crippen LogP contribution in [-0.4, -0.2) is 22.8 Å². The summed E-state index contributed by atoms with van der Waals surface area (Å²) in [6.07, 6.45) is 4.00. The molecule has 4 rings (SSSR count). The van der Waals surface area contributed by atoms with Gasteiger partial charge in [0.15, 0.2) is 0 Å². The lowest BCUT2D eigenvalue weighted by Gasteiger charge is -2.30. The van der Waals surface area contributed by atoms with E-state index in [9.17, 15) is 14.0 Å². The van der Waals surface area contributed by atoms with Crippen molar-refractivity contribution in [2.75, 3.05) is 5.32 Å². The summed E-state index contributed by atoms with van der Waals surface area (Å²) >= 11 is 0. The van der Waals surface area contributed by atoms with Crippen LogP contribution in [0.25, 0.3) is 0 Å². The molecule has 4 nitrogen and oxygen atoms in total. The van der Waals surface area contributed by atoms with Crippen LogP contribution in [0.2, 0.25) is 0 Å². The normalized spacial score (nSPS) is 18.8. The number of halogens is 1. The zero-order valence-electron chi connectivity index (χ0n) is 16.6. The molecule has 0 spiro atoms. The third kappa shape index (κ3) is 4.24. The molecule has 2 amide bonds. The van der Waals surface area contributed by atoms with E-state index < -0.39 is 0 Å². The van der Waals surface area contributed by atoms with Crippen LogP contribution in [0.5, 0.6) is 0 Å². The van der Waals surface area contributed by atoms with Gasteiger partial charge in [-0.15, -0.1) is 0 Å². The molecule has 1 N–H and O–H groups in total. The van der Waals surface area contributed by atoms with Crippen LogP contribution in [-0.2, 0) is 16.1 Å². The number of aryl methyl sites for hydroxylation is 1. The Morgan fingerprint density at radius 1 is 1.10 bits per heavy atom. The number of carbonyl (C=O) groups is 2. The molecule has 0 radical (unpaired) electrons. The number of anilines is 1. The first kappa shape index (κ1) is 19.4. The molecule has 1 atom stereocenters. The molecule has 0 saturated heterocycles. The minimum absolute atomic E-state index is 0.0588. The van der Waals surface area contributed by atoms with Crippen molar-refractivity contribution in [1.29, 1.82) is 0 Å². The van der Waals surface area contributed by atoms with Crippen molar-refractivity contribution in [3.8, 4) is 0 Å². The highest BCUT2D eigenvalue weighted by molar-refractivity contribution is 6.04. The van der Waals surface area contributed by atoms with Crippen molar-refractivity contribution in [3.05, 3.63) is 76.6 Å². The fraction of sp³-hybridized carbons (Fsp3) is 0.333.